The minimum Gasteiger partial charge on any atom is -0.465 e. The number of esters is 2. The fraction of sp³-hybridized carbons (Fsp3) is 0.391. The molecule has 0 amide bonds. The van der Waals surface area contributed by atoms with Crippen molar-refractivity contribution in [3.63, 3.8) is 0 Å². The highest BCUT2D eigenvalue weighted by molar-refractivity contribution is 9.10. The zero-order valence-corrected chi connectivity index (χ0v) is 19.8. The van der Waals surface area contributed by atoms with Gasteiger partial charge in [-0.3, -0.25) is 0 Å². The molecule has 1 aromatic rings. The molecule has 1 N–H and O–H groups in total. The van der Waals surface area contributed by atoms with E-state index < -0.39 is 11.9 Å². The van der Waals surface area contributed by atoms with Crippen LogP contribution in [0.25, 0.3) is 0 Å². The molecule has 0 fully saturated rings. The smallest absolute Gasteiger partial charge is 0.340 e. The van der Waals surface area contributed by atoms with Gasteiger partial charge in [0, 0.05) is 29.9 Å². The second-order valence-electron chi connectivity index (χ2n) is 7.36. The number of hydrogen-bond acceptors (Lipinski definition) is 8. The van der Waals surface area contributed by atoms with Crippen molar-refractivity contribution in [1.29, 1.82) is 0 Å². The minimum absolute atomic E-state index is 0.0146. The van der Waals surface area contributed by atoms with Gasteiger partial charge in [0.05, 0.1) is 25.4 Å². The first-order valence-electron chi connectivity index (χ1n) is 10.1. The molecule has 1 aromatic carbocycles. The number of allylic oxidation sites excluding steroid dienone is 2. The van der Waals surface area contributed by atoms with E-state index in [2.05, 4.69) is 15.9 Å². The summed E-state index contributed by atoms with van der Waals surface area (Å²) in [5.41, 5.74) is 1.93. The number of nitrogens with zero attached hydrogens (tertiary/aromatic N) is 1. The van der Waals surface area contributed by atoms with Crippen molar-refractivity contribution in [2.45, 2.75) is 32.4 Å². The number of benzene rings is 1. The van der Waals surface area contributed by atoms with Gasteiger partial charge in [-0.25, -0.2) is 9.59 Å². The van der Waals surface area contributed by atoms with Crippen molar-refractivity contribution >= 4 is 27.9 Å². The predicted molar refractivity (Wildman–Crippen MR) is 120 cm³/mol. The molecular weight excluding hydrogens is 482 g/mol. The molecule has 0 bridgehead atoms. The summed E-state index contributed by atoms with van der Waals surface area (Å²) in [6.45, 7) is 2.59. The topological polar surface area (TPSA) is 94.5 Å². The molecule has 172 valence electrons. The molecule has 2 aliphatic heterocycles. The third kappa shape index (κ3) is 5.34. The van der Waals surface area contributed by atoms with Crippen LogP contribution in [-0.4, -0.2) is 55.6 Å². The molecule has 0 aromatic heterocycles. The van der Waals surface area contributed by atoms with Gasteiger partial charge in [0.2, 0.25) is 6.79 Å². The molecule has 3 rings (SSSR count). The van der Waals surface area contributed by atoms with Crippen molar-refractivity contribution in [3.05, 3.63) is 57.2 Å². The Morgan fingerprint density at radius 3 is 2.47 bits per heavy atom. The summed E-state index contributed by atoms with van der Waals surface area (Å²) in [4.78, 5) is 27.1. The highest BCUT2D eigenvalue weighted by Crippen LogP contribution is 2.38. The molecule has 9 heteroatoms. The summed E-state index contributed by atoms with van der Waals surface area (Å²) < 4.78 is 21.6. The molecule has 1 unspecified atom stereocenters. The van der Waals surface area contributed by atoms with Gasteiger partial charge in [0.25, 0.3) is 0 Å². The van der Waals surface area contributed by atoms with Crippen molar-refractivity contribution in [3.8, 4) is 11.5 Å². The van der Waals surface area contributed by atoms with E-state index >= 15 is 0 Å². The van der Waals surface area contributed by atoms with E-state index in [4.69, 9.17) is 18.9 Å². The number of rotatable bonds is 7. The number of fused-ring (bicyclic) bond motifs is 1. The second-order valence-corrected chi connectivity index (χ2v) is 8.22. The first-order valence-corrected chi connectivity index (χ1v) is 10.9. The standard InChI is InChI=1S/C23H26BrNO7/c1-14-7-15(5-4-6-26)8-17(22(27)29-2)18(23(28)30-3)12-25(14)11-16-9-20-21(10-19(16)24)32-13-31-20/h7-10,12,14,26H,4-6,11,13H2,1-3H3. The largest absolute Gasteiger partial charge is 0.465 e. The van der Waals surface area contributed by atoms with Gasteiger partial charge in [-0.15, -0.1) is 0 Å². The Hall–Kier alpha value is -2.78. The summed E-state index contributed by atoms with van der Waals surface area (Å²) in [7, 11) is 2.53. The van der Waals surface area contributed by atoms with Gasteiger partial charge in [0.15, 0.2) is 11.5 Å². The highest BCUT2D eigenvalue weighted by atomic mass is 79.9. The van der Waals surface area contributed by atoms with Gasteiger partial charge in [-0.2, -0.15) is 0 Å². The number of carbonyl (C=O) groups is 2. The van der Waals surface area contributed by atoms with Crippen LogP contribution in [0.4, 0.5) is 0 Å². The zero-order chi connectivity index (χ0) is 23.3. The van der Waals surface area contributed by atoms with E-state index in [1.165, 1.54) is 14.2 Å². The number of aliphatic hydroxyl groups is 1. The predicted octanol–water partition coefficient (Wildman–Crippen LogP) is 3.24. The molecule has 32 heavy (non-hydrogen) atoms. The maximum Gasteiger partial charge on any atom is 0.340 e. The number of halogens is 1. The van der Waals surface area contributed by atoms with Crippen molar-refractivity contribution < 1.29 is 33.6 Å². The average Bonchev–Trinajstić information content (AvgIpc) is 3.23. The van der Waals surface area contributed by atoms with Crippen molar-refractivity contribution in [2.24, 2.45) is 0 Å². The quantitative estimate of drug-likeness (QED) is 0.562. The summed E-state index contributed by atoms with van der Waals surface area (Å²) >= 11 is 3.58. The van der Waals surface area contributed by atoms with Crippen molar-refractivity contribution in [1.82, 2.24) is 4.90 Å². The van der Waals surface area contributed by atoms with Gasteiger partial charge in [-0.1, -0.05) is 22.0 Å². The number of ether oxygens (including phenoxy) is 4. The lowest BCUT2D eigenvalue weighted by Gasteiger charge is -2.29. The van der Waals surface area contributed by atoms with Crippen LogP contribution >= 0.6 is 15.9 Å². The molecule has 0 spiro atoms. The van der Waals surface area contributed by atoms with Crippen molar-refractivity contribution in [2.75, 3.05) is 27.6 Å². The molecule has 0 saturated heterocycles. The van der Waals surface area contributed by atoms with Gasteiger partial charge in [0.1, 0.15) is 0 Å². The lowest BCUT2D eigenvalue weighted by atomic mass is 9.97. The van der Waals surface area contributed by atoms with Crippen LogP contribution in [0.15, 0.2) is 51.7 Å². The lowest BCUT2D eigenvalue weighted by molar-refractivity contribution is -0.139. The third-order valence-electron chi connectivity index (χ3n) is 5.22. The molecule has 2 heterocycles. The summed E-state index contributed by atoms with van der Waals surface area (Å²) in [5.74, 6) is 0.0194. The monoisotopic (exact) mass is 507 g/mol. The minimum atomic E-state index is -0.646. The van der Waals surface area contributed by atoms with E-state index in [9.17, 15) is 14.7 Å². The third-order valence-corrected chi connectivity index (χ3v) is 5.96. The Kier molecular flexibility index (Phi) is 7.98. The van der Waals surface area contributed by atoms with Crippen LogP contribution in [0.2, 0.25) is 0 Å². The van der Waals surface area contributed by atoms with Crippen LogP contribution < -0.4 is 9.47 Å². The summed E-state index contributed by atoms with van der Waals surface area (Å²) in [5, 5.41) is 9.28. The maximum atomic E-state index is 12.6. The molecule has 0 aliphatic carbocycles. The Balaban J connectivity index is 2.07. The number of carbonyl (C=O) groups excluding carboxylic acids is 2. The van der Waals surface area contributed by atoms with Crippen LogP contribution in [0, 0.1) is 0 Å². The fourth-order valence-corrected chi connectivity index (χ4v) is 3.97. The van der Waals surface area contributed by atoms with Gasteiger partial charge >= 0.3 is 11.9 Å². The molecule has 0 saturated carbocycles. The Morgan fingerprint density at radius 1 is 1.16 bits per heavy atom. The summed E-state index contributed by atoms with van der Waals surface area (Å²) in [6, 6.07) is 3.60. The maximum absolute atomic E-state index is 12.6. The average molecular weight is 508 g/mol. The Bertz CT molecular complexity index is 983. The van der Waals surface area contributed by atoms with E-state index in [0.29, 0.717) is 30.9 Å². The normalized spacial score (nSPS) is 17.6. The number of aliphatic hydroxyl groups excluding tert-OH is 1. The van der Waals surface area contributed by atoms with Crippen LogP contribution in [0.5, 0.6) is 11.5 Å². The van der Waals surface area contributed by atoms with E-state index in [-0.39, 0.29) is 30.6 Å². The van der Waals surface area contributed by atoms with Crippen LogP contribution in [0.3, 0.4) is 0 Å². The second kappa shape index (κ2) is 10.7. The molecule has 2 aliphatic rings. The van der Waals surface area contributed by atoms with Gasteiger partial charge in [-0.05, 0) is 49.1 Å². The number of methoxy groups -OCH3 is 2. The van der Waals surface area contributed by atoms with Gasteiger partial charge < -0.3 is 29.0 Å². The highest BCUT2D eigenvalue weighted by Gasteiger charge is 2.27. The molecule has 8 nitrogen and oxygen atoms in total. The van der Waals surface area contributed by atoms with E-state index in [1.54, 1.807) is 12.3 Å². The first-order chi connectivity index (χ1) is 15.4. The number of hydrogen-bond donors (Lipinski definition) is 1. The van der Waals surface area contributed by atoms with Crippen LogP contribution in [-0.2, 0) is 25.6 Å². The Labute approximate surface area is 195 Å². The molecule has 1 atom stereocenters. The molecule has 0 radical (unpaired) electrons. The Morgan fingerprint density at radius 2 is 1.81 bits per heavy atom. The van der Waals surface area contributed by atoms with Crippen LogP contribution in [0.1, 0.15) is 25.3 Å². The fourth-order valence-electron chi connectivity index (χ4n) is 3.53. The lowest BCUT2D eigenvalue weighted by Crippen LogP contribution is -2.30. The SMILES string of the molecule is COC(=O)C1=CC(CCCO)=CC(C)N(Cc2cc3c(cc2Br)OCO3)C=C1C(=O)OC. The first kappa shape index (κ1) is 23.9. The molecular formula is C23H26BrNO7. The van der Waals surface area contributed by atoms with E-state index in [0.717, 1.165) is 15.6 Å². The van der Waals surface area contributed by atoms with E-state index in [1.807, 2.05) is 30.0 Å². The zero-order valence-electron chi connectivity index (χ0n) is 18.2. The summed E-state index contributed by atoms with van der Waals surface area (Å²) in [6.07, 6.45) is 6.32.